The van der Waals surface area contributed by atoms with E-state index in [-0.39, 0.29) is 0 Å². The molecule has 21 heavy (non-hydrogen) atoms. The molecule has 0 bridgehead atoms. The predicted molar refractivity (Wildman–Crippen MR) is 81.6 cm³/mol. The zero-order valence-corrected chi connectivity index (χ0v) is 11.9. The van der Waals surface area contributed by atoms with Gasteiger partial charge in [-0.1, -0.05) is 42.5 Å². The highest BCUT2D eigenvalue weighted by Crippen LogP contribution is 2.38. The maximum absolute atomic E-state index is 5.54. The second-order valence-corrected chi connectivity index (χ2v) is 5.81. The summed E-state index contributed by atoms with van der Waals surface area (Å²) in [6.45, 7) is 1.19. The molecule has 1 fully saturated rings. The molecule has 0 unspecified atom stereocenters. The molecule has 108 valence electrons. The molecule has 3 heteroatoms. The van der Waals surface area contributed by atoms with Gasteiger partial charge < -0.3 is 14.8 Å². The van der Waals surface area contributed by atoms with E-state index in [0.717, 1.165) is 18.0 Å². The third-order valence-electron chi connectivity index (χ3n) is 4.47. The molecule has 1 N–H and O–H groups in total. The van der Waals surface area contributed by atoms with Crippen LogP contribution in [-0.4, -0.2) is 12.8 Å². The van der Waals surface area contributed by atoms with Gasteiger partial charge in [-0.15, -0.1) is 0 Å². The van der Waals surface area contributed by atoms with Gasteiger partial charge in [0.25, 0.3) is 0 Å². The van der Waals surface area contributed by atoms with E-state index < -0.39 is 0 Å². The van der Waals surface area contributed by atoms with Gasteiger partial charge in [-0.3, -0.25) is 0 Å². The SMILES string of the molecule is c1ccc(C2CC(NCc3cccc4c3OCO4)C2)cc1. The van der Waals surface area contributed by atoms with Gasteiger partial charge in [-0.05, 0) is 30.4 Å². The molecular formula is C18H19NO2. The van der Waals surface area contributed by atoms with Crippen molar-refractivity contribution in [2.45, 2.75) is 31.3 Å². The number of rotatable bonds is 4. The van der Waals surface area contributed by atoms with Crippen molar-refractivity contribution in [2.75, 3.05) is 6.79 Å². The number of ether oxygens (including phenoxy) is 2. The van der Waals surface area contributed by atoms with Crippen LogP contribution in [0, 0.1) is 0 Å². The summed E-state index contributed by atoms with van der Waals surface area (Å²) in [6, 6.07) is 17.5. The molecule has 0 radical (unpaired) electrons. The largest absolute Gasteiger partial charge is 0.454 e. The van der Waals surface area contributed by atoms with Crippen molar-refractivity contribution in [3.05, 3.63) is 59.7 Å². The summed E-state index contributed by atoms with van der Waals surface area (Å²) in [5.41, 5.74) is 2.65. The number of fused-ring (bicyclic) bond motifs is 1. The fourth-order valence-corrected chi connectivity index (χ4v) is 3.17. The van der Waals surface area contributed by atoms with Gasteiger partial charge in [-0.25, -0.2) is 0 Å². The van der Waals surface area contributed by atoms with Crippen molar-refractivity contribution >= 4 is 0 Å². The zero-order valence-electron chi connectivity index (χ0n) is 11.9. The minimum Gasteiger partial charge on any atom is -0.454 e. The fourth-order valence-electron chi connectivity index (χ4n) is 3.17. The first-order valence-electron chi connectivity index (χ1n) is 7.56. The second-order valence-electron chi connectivity index (χ2n) is 5.81. The van der Waals surface area contributed by atoms with E-state index in [1.54, 1.807) is 0 Å². The van der Waals surface area contributed by atoms with Crippen LogP contribution in [0.15, 0.2) is 48.5 Å². The molecule has 1 heterocycles. The Balaban J connectivity index is 1.33. The van der Waals surface area contributed by atoms with Crippen LogP contribution in [0.4, 0.5) is 0 Å². The summed E-state index contributed by atoms with van der Waals surface area (Å²) in [7, 11) is 0. The number of benzene rings is 2. The minimum atomic E-state index is 0.339. The molecule has 0 atom stereocenters. The Labute approximate surface area is 124 Å². The Hall–Kier alpha value is -2.00. The molecule has 2 aromatic carbocycles. The molecular weight excluding hydrogens is 262 g/mol. The van der Waals surface area contributed by atoms with Crippen molar-refractivity contribution in [1.82, 2.24) is 5.32 Å². The van der Waals surface area contributed by atoms with Crippen molar-refractivity contribution < 1.29 is 9.47 Å². The van der Waals surface area contributed by atoms with Crippen LogP contribution < -0.4 is 14.8 Å². The normalized spacial score (nSPS) is 22.9. The van der Waals surface area contributed by atoms with Crippen molar-refractivity contribution in [3.8, 4) is 11.5 Å². The number of para-hydroxylation sites is 1. The van der Waals surface area contributed by atoms with E-state index in [1.807, 2.05) is 12.1 Å². The van der Waals surface area contributed by atoms with Crippen molar-refractivity contribution in [3.63, 3.8) is 0 Å². The van der Waals surface area contributed by atoms with Crippen LogP contribution in [0.1, 0.15) is 29.9 Å². The molecule has 1 saturated carbocycles. The molecule has 2 aromatic rings. The summed E-state index contributed by atoms with van der Waals surface area (Å²) in [5, 5.41) is 3.63. The first-order valence-corrected chi connectivity index (χ1v) is 7.56. The van der Waals surface area contributed by atoms with E-state index in [0.29, 0.717) is 18.8 Å². The van der Waals surface area contributed by atoms with Gasteiger partial charge in [0.05, 0.1) is 0 Å². The van der Waals surface area contributed by atoms with Gasteiger partial charge in [0, 0.05) is 18.2 Å². The van der Waals surface area contributed by atoms with E-state index >= 15 is 0 Å². The van der Waals surface area contributed by atoms with Crippen LogP contribution in [0.25, 0.3) is 0 Å². The average Bonchev–Trinajstić information content (AvgIpc) is 2.96. The van der Waals surface area contributed by atoms with Crippen LogP contribution in [0.5, 0.6) is 11.5 Å². The van der Waals surface area contributed by atoms with Crippen LogP contribution in [0.3, 0.4) is 0 Å². The highest BCUT2D eigenvalue weighted by atomic mass is 16.7. The topological polar surface area (TPSA) is 30.5 Å². The highest BCUT2D eigenvalue weighted by molar-refractivity contribution is 5.48. The van der Waals surface area contributed by atoms with Crippen molar-refractivity contribution in [2.24, 2.45) is 0 Å². The Morgan fingerprint density at radius 3 is 2.67 bits per heavy atom. The van der Waals surface area contributed by atoms with Gasteiger partial charge in [0.15, 0.2) is 11.5 Å². The van der Waals surface area contributed by atoms with Gasteiger partial charge >= 0.3 is 0 Å². The molecule has 2 aliphatic rings. The van der Waals surface area contributed by atoms with E-state index in [9.17, 15) is 0 Å². The number of hydrogen-bond acceptors (Lipinski definition) is 3. The molecule has 0 amide bonds. The number of nitrogens with one attached hydrogen (secondary N) is 1. The zero-order chi connectivity index (χ0) is 14.1. The Bertz CT molecular complexity index is 620. The molecule has 1 aliphatic carbocycles. The lowest BCUT2D eigenvalue weighted by atomic mass is 9.76. The summed E-state index contributed by atoms with van der Waals surface area (Å²) in [5.74, 6) is 2.48. The van der Waals surface area contributed by atoms with Crippen LogP contribution in [-0.2, 0) is 6.54 Å². The quantitative estimate of drug-likeness (QED) is 0.931. The fraction of sp³-hybridized carbons (Fsp3) is 0.333. The summed E-state index contributed by atoms with van der Waals surface area (Å²) in [6.07, 6.45) is 2.44. The average molecular weight is 281 g/mol. The van der Waals surface area contributed by atoms with Crippen LogP contribution in [0.2, 0.25) is 0 Å². The third kappa shape index (κ3) is 2.49. The smallest absolute Gasteiger partial charge is 0.231 e. The molecule has 1 aliphatic heterocycles. The van der Waals surface area contributed by atoms with Gasteiger partial charge in [-0.2, -0.15) is 0 Å². The summed E-state index contributed by atoms with van der Waals surface area (Å²) < 4.78 is 11.0. The molecule has 0 saturated heterocycles. The second kappa shape index (κ2) is 5.41. The standard InChI is InChI=1S/C18H19NO2/c1-2-5-13(6-3-1)15-9-16(10-15)19-11-14-7-4-8-17-18(14)21-12-20-17/h1-8,15-16,19H,9-12H2. The first kappa shape index (κ1) is 12.7. The minimum absolute atomic E-state index is 0.339. The summed E-state index contributed by atoms with van der Waals surface area (Å²) >= 11 is 0. The third-order valence-corrected chi connectivity index (χ3v) is 4.47. The van der Waals surface area contributed by atoms with Gasteiger partial charge in [0.2, 0.25) is 6.79 Å². The monoisotopic (exact) mass is 281 g/mol. The maximum Gasteiger partial charge on any atom is 0.231 e. The van der Waals surface area contributed by atoms with E-state index in [1.165, 1.54) is 24.0 Å². The van der Waals surface area contributed by atoms with E-state index in [4.69, 9.17) is 9.47 Å². The lowest BCUT2D eigenvalue weighted by Crippen LogP contribution is -2.39. The number of hydrogen-bond donors (Lipinski definition) is 1. The maximum atomic E-state index is 5.54. The highest BCUT2D eigenvalue weighted by Gasteiger charge is 2.30. The predicted octanol–water partition coefficient (Wildman–Crippen LogP) is 3.45. The van der Waals surface area contributed by atoms with Gasteiger partial charge in [0.1, 0.15) is 0 Å². The first-order chi connectivity index (χ1) is 10.4. The lowest BCUT2D eigenvalue weighted by molar-refractivity contribution is 0.173. The van der Waals surface area contributed by atoms with E-state index in [2.05, 4.69) is 41.7 Å². The lowest BCUT2D eigenvalue weighted by Gasteiger charge is -2.36. The Morgan fingerprint density at radius 2 is 1.81 bits per heavy atom. The Morgan fingerprint density at radius 1 is 0.952 bits per heavy atom. The molecule has 0 aromatic heterocycles. The summed E-state index contributed by atoms with van der Waals surface area (Å²) in [4.78, 5) is 0. The molecule has 0 spiro atoms. The van der Waals surface area contributed by atoms with Crippen molar-refractivity contribution in [1.29, 1.82) is 0 Å². The Kier molecular flexibility index (Phi) is 3.28. The molecule has 3 nitrogen and oxygen atoms in total. The molecule has 4 rings (SSSR count). The van der Waals surface area contributed by atoms with Crippen LogP contribution >= 0.6 is 0 Å².